The number of benzene rings is 1. The SMILES string of the molecule is COc1cc(-c2nn(CCN3CCC(N(C)C)CC3)c3ncnc(N)c23)ccc1NC(=O)OC1CC1. The molecule has 36 heavy (non-hydrogen) atoms. The second kappa shape index (κ2) is 10.3. The summed E-state index contributed by atoms with van der Waals surface area (Å²) in [6, 6.07) is 6.13. The normalized spacial score (nSPS) is 17.0. The van der Waals surface area contributed by atoms with E-state index < -0.39 is 6.09 Å². The minimum absolute atomic E-state index is 0.0212. The number of amides is 1. The minimum atomic E-state index is -0.481. The molecule has 0 bridgehead atoms. The first-order valence-corrected chi connectivity index (χ1v) is 12.4. The molecule has 11 heteroatoms. The van der Waals surface area contributed by atoms with Crippen LogP contribution in [0.25, 0.3) is 22.3 Å². The molecule has 2 fully saturated rings. The van der Waals surface area contributed by atoms with Crippen molar-refractivity contribution in [1.82, 2.24) is 29.5 Å². The highest BCUT2D eigenvalue weighted by molar-refractivity contribution is 5.99. The van der Waals surface area contributed by atoms with Crippen LogP contribution in [-0.2, 0) is 11.3 Å². The van der Waals surface area contributed by atoms with Crippen LogP contribution >= 0.6 is 0 Å². The number of rotatable bonds is 8. The molecule has 2 aromatic heterocycles. The smallest absolute Gasteiger partial charge is 0.412 e. The standard InChI is InChI=1S/C25H34N8O3/c1-31(2)17-8-10-32(11-9-17)12-13-33-24-21(23(26)27-15-28-24)22(30-33)16-4-7-19(20(14-16)35-3)29-25(34)36-18-5-6-18/h4,7,14-15,17-18H,5-6,8-13H2,1-3H3,(H,29,34)(H2,26,27,28). The van der Waals surface area contributed by atoms with Gasteiger partial charge in [-0.1, -0.05) is 6.07 Å². The number of methoxy groups -OCH3 is 1. The molecular formula is C25H34N8O3. The maximum Gasteiger partial charge on any atom is 0.412 e. The molecule has 5 rings (SSSR count). The average Bonchev–Trinajstić information content (AvgIpc) is 3.61. The van der Waals surface area contributed by atoms with E-state index in [-0.39, 0.29) is 6.10 Å². The molecule has 1 aromatic carbocycles. The van der Waals surface area contributed by atoms with Gasteiger partial charge in [0.2, 0.25) is 0 Å². The van der Waals surface area contributed by atoms with Crippen molar-refractivity contribution in [1.29, 1.82) is 0 Å². The van der Waals surface area contributed by atoms with E-state index >= 15 is 0 Å². The lowest BCUT2D eigenvalue weighted by Crippen LogP contribution is -2.42. The molecule has 0 radical (unpaired) electrons. The highest BCUT2D eigenvalue weighted by atomic mass is 16.6. The molecule has 1 aliphatic carbocycles. The minimum Gasteiger partial charge on any atom is -0.495 e. The van der Waals surface area contributed by atoms with E-state index in [0.717, 1.165) is 38.0 Å². The first-order valence-electron chi connectivity index (χ1n) is 12.4. The third-order valence-electron chi connectivity index (χ3n) is 6.98. The summed E-state index contributed by atoms with van der Waals surface area (Å²) in [6.07, 6.45) is 5.18. The summed E-state index contributed by atoms with van der Waals surface area (Å²) in [7, 11) is 5.86. The first kappa shape index (κ1) is 24.3. The van der Waals surface area contributed by atoms with E-state index in [1.54, 1.807) is 13.2 Å². The van der Waals surface area contributed by atoms with Crippen LogP contribution in [0, 0.1) is 0 Å². The van der Waals surface area contributed by atoms with Crippen LogP contribution < -0.4 is 15.8 Å². The van der Waals surface area contributed by atoms with Crippen LogP contribution in [0.3, 0.4) is 0 Å². The zero-order valence-electron chi connectivity index (χ0n) is 21.1. The summed E-state index contributed by atoms with van der Waals surface area (Å²) in [4.78, 5) is 25.6. The van der Waals surface area contributed by atoms with Crippen molar-refractivity contribution >= 4 is 28.6 Å². The third kappa shape index (κ3) is 5.21. The van der Waals surface area contributed by atoms with Crippen molar-refractivity contribution in [2.24, 2.45) is 0 Å². The Morgan fingerprint density at radius 2 is 1.94 bits per heavy atom. The van der Waals surface area contributed by atoms with Crippen LogP contribution in [0.2, 0.25) is 0 Å². The molecular weight excluding hydrogens is 460 g/mol. The first-order chi connectivity index (χ1) is 17.4. The van der Waals surface area contributed by atoms with Crippen LogP contribution in [0.1, 0.15) is 25.7 Å². The largest absolute Gasteiger partial charge is 0.495 e. The maximum absolute atomic E-state index is 12.1. The van der Waals surface area contributed by atoms with Crippen molar-refractivity contribution in [3.63, 3.8) is 0 Å². The lowest BCUT2D eigenvalue weighted by Gasteiger charge is -2.35. The van der Waals surface area contributed by atoms with Crippen LogP contribution in [-0.4, -0.2) is 88.6 Å². The van der Waals surface area contributed by atoms with Gasteiger partial charge in [0.05, 0.1) is 24.7 Å². The number of carbonyl (C=O) groups is 1. The van der Waals surface area contributed by atoms with E-state index in [1.807, 2.05) is 16.8 Å². The van der Waals surface area contributed by atoms with Crippen molar-refractivity contribution in [3.05, 3.63) is 24.5 Å². The molecule has 0 atom stereocenters. The number of nitrogens with one attached hydrogen (secondary N) is 1. The van der Waals surface area contributed by atoms with Gasteiger partial charge in [-0.3, -0.25) is 5.32 Å². The number of hydrogen-bond acceptors (Lipinski definition) is 9. The Balaban J connectivity index is 1.37. The van der Waals surface area contributed by atoms with Gasteiger partial charge >= 0.3 is 6.09 Å². The molecule has 0 unspecified atom stereocenters. The Hall–Kier alpha value is -3.44. The van der Waals surface area contributed by atoms with Crippen LogP contribution in [0.4, 0.5) is 16.3 Å². The Morgan fingerprint density at radius 1 is 1.17 bits per heavy atom. The Morgan fingerprint density at radius 3 is 2.64 bits per heavy atom. The van der Waals surface area contributed by atoms with E-state index in [4.69, 9.17) is 20.3 Å². The molecule has 2 aliphatic rings. The number of nitrogen functional groups attached to an aromatic ring is 1. The molecule has 3 N–H and O–H groups in total. The zero-order chi connectivity index (χ0) is 25.2. The third-order valence-corrected chi connectivity index (χ3v) is 6.98. The Labute approximate surface area is 210 Å². The fraction of sp³-hybridized carbons (Fsp3) is 0.520. The van der Waals surface area contributed by atoms with Crippen molar-refractivity contribution in [2.75, 3.05) is 51.9 Å². The topological polar surface area (TPSA) is 124 Å². The van der Waals surface area contributed by atoms with Gasteiger partial charge < -0.3 is 25.0 Å². The highest BCUT2D eigenvalue weighted by Crippen LogP contribution is 2.35. The predicted octanol–water partition coefficient (Wildman–Crippen LogP) is 2.82. The molecule has 1 aliphatic heterocycles. The van der Waals surface area contributed by atoms with E-state index in [1.165, 1.54) is 19.2 Å². The van der Waals surface area contributed by atoms with Gasteiger partial charge in [-0.05, 0) is 65.0 Å². The number of piperidine rings is 1. The quantitative estimate of drug-likeness (QED) is 0.486. The van der Waals surface area contributed by atoms with E-state index in [2.05, 4.69) is 39.2 Å². The summed E-state index contributed by atoms with van der Waals surface area (Å²) >= 11 is 0. The number of anilines is 2. The molecule has 11 nitrogen and oxygen atoms in total. The van der Waals surface area contributed by atoms with Crippen molar-refractivity contribution in [3.8, 4) is 17.0 Å². The van der Waals surface area contributed by atoms with Crippen molar-refractivity contribution < 1.29 is 14.3 Å². The average molecular weight is 495 g/mol. The molecule has 1 amide bonds. The van der Waals surface area contributed by atoms with Gasteiger partial charge in [0.1, 0.15) is 29.7 Å². The number of ether oxygens (including phenoxy) is 2. The fourth-order valence-corrected chi connectivity index (χ4v) is 4.70. The maximum atomic E-state index is 12.1. The summed E-state index contributed by atoms with van der Waals surface area (Å²) < 4.78 is 12.8. The second-order valence-corrected chi connectivity index (χ2v) is 9.71. The second-order valence-electron chi connectivity index (χ2n) is 9.71. The molecule has 192 valence electrons. The van der Waals surface area contributed by atoms with Crippen LogP contribution in [0.5, 0.6) is 5.75 Å². The number of nitrogens with zero attached hydrogens (tertiary/aromatic N) is 6. The number of hydrogen-bond donors (Lipinski definition) is 2. The van der Waals surface area contributed by atoms with E-state index in [0.29, 0.717) is 46.6 Å². The molecule has 1 saturated carbocycles. The zero-order valence-corrected chi connectivity index (χ0v) is 21.1. The van der Waals surface area contributed by atoms with Crippen molar-refractivity contribution in [2.45, 2.75) is 44.4 Å². The van der Waals surface area contributed by atoms with Gasteiger partial charge in [-0.25, -0.2) is 19.4 Å². The summed E-state index contributed by atoms with van der Waals surface area (Å²) in [5, 5.41) is 8.36. The molecule has 3 heterocycles. The number of likely N-dealkylation sites (tertiary alicyclic amines) is 1. The molecule has 0 spiro atoms. The number of aromatic nitrogens is 4. The molecule has 3 aromatic rings. The lowest BCUT2D eigenvalue weighted by molar-refractivity contribution is 0.141. The van der Waals surface area contributed by atoms with Gasteiger partial charge in [-0.15, -0.1) is 0 Å². The Bertz CT molecular complexity index is 1230. The highest BCUT2D eigenvalue weighted by Gasteiger charge is 2.27. The van der Waals surface area contributed by atoms with Gasteiger partial charge in [-0.2, -0.15) is 5.10 Å². The monoisotopic (exact) mass is 494 g/mol. The molecule has 1 saturated heterocycles. The fourth-order valence-electron chi connectivity index (χ4n) is 4.70. The summed E-state index contributed by atoms with van der Waals surface area (Å²) in [5.74, 6) is 0.879. The van der Waals surface area contributed by atoms with Gasteiger partial charge in [0.15, 0.2) is 5.65 Å². The lowest BCUT2D eigenvalue weighted by atomic mass is 10.0. The van der Waals surface area contributed by atoms with Gasteiger partial charge in [0.25, 0.3) is 0 Å². The van der Waals surface area contributed by atoms with E-state index in [9.17, 15) is 4.79 Å². The number of fused-ring (bicyclic) bond motifs is 1. The predicted molar refractivity (Wildman–Crippen MR) is 138 cm³/mol. The van der Waals surface area contributed by atoms with Gasteiger partial charge in [0, 0.05) is 18.2 Å². The Kier molecular flexibility index (Phi) is 6.92. The van der Waals surface area contributed by atoms with Crippen LogP contribution in [0.15, 0.2) is 24.5 Å². The summed E-state index contributed by atoms with van der Waals surface area (Å²) in [6.45, 7) is 3.72. The number of carbonyl (C=O) groups excluding carboxylic acids is 1. The summed E-state index contributed by atoms with van der Waals surface area (Å²) in [5.41, 5.74) is 8.99. The number of nitrogens with two attached hydrogens (primary N) is 1.